The minimum atomic E-state index is 0.756. The van der Waals surface area contributed by atoms with Gasteiger partial charge in [0.05, 0.1) is 0 Å². The van der Waals surface area contributed by atoms with Gasteiger partial charge >= 0.3 is 0 Å². The Kier molecular flexibility index (Phi) is 4.65. The molecule has 1 heterocycles. The Balaban J connectivity index is 2.10. The first-order valence-corrected chi connectivity index (χ1v) is 8.55. The Morgan fingerprint density at radius 1 is 1.05 bits per heavy atom. The number of hydrogen-bond acceptors (Lipinski definition) is 1. The predicted octanol–water partition coefficient (Wildman–Crippen LogP) is 5.19. The number of nitrogens with two attached hydrogens (primary N) is 1. The van der Waals surface area contributed by atoms with Gasteiger partial charge in [-0.1, -0.05) is 45.8 Å². The van der Waals surface area contributed by atoms with Crippen LogP contribution in [0.5, 0.6) is 0 Å². The molecule has 0 aliphatic carbocycles. The van der Waals surface area contributed by atoms with Crippen molar-refractivity contribution in [2.45, 2.75) is 26.2 Å². The van der Waals surface area contributed by atoms with Crippen LogP contribution in [-0.4, -0.2) is 11.5 Å². The SMILES string of the molecule is Cc1ccc(-c2[nH]c3ccc(Br)cc3c2CCCCN)cc1. The smallest absolute Gasteiger partial charge is 0.0497 e. The number of halogens is 1. The normalized spacial score (nSPS) is 11.2. The number of aryl methyl sites for hydroxylation is 2. The molecular formula is C19H21BrN2. The van der Waals surface area contributed by atoms with Crippen LogP contribution in [0, 0.1) is 6.92 Å². The Labute approximate surface area is 139 Å². The van der Waals surface area contributed by atoms with E-state index in [0.717, 1.165) is 30.3 Å². The third-order valence-electron chi connectivity index (χ3n) is 4.09. The van der Waals surface area contributed by atoms with Gasteiger partial charge in [0.15, 0.2) is 0 Å². The van der Waals surface area contributed by atoms with Crippen molar-refractivity contribution < 1.29 is 0 Å². The lowest BCUT2D eigenvalue weighted by atomic mass is 10.00. The average Bonchev–Trinajstić information content (AvgIpc) is 2.86. The fourth-order valence-electron chi connectivity index (χ4n) is 2.89. The molecule has 3 N–H and O–H groups in total. The van der Waals surface area contributed by atoms with Gasteiger partial charge in [0, 0.05) is 21.1 Å². The van der Waals surface area contributed by atoms with E-state index in [2.05, 4.69) is 70.3 Å². The molecule has 22 heavy (non-hydrogen) atoms. The lowest BCUT2D eigenvalue weighted by molar-refractivity contribution is 0.748. The maximum atomic E-state index is 5.66. The minimum absolute atomic E-state index is 0.756. The Morgan fingerprint density at radius 3 is 2.55 bits per heavy atom. The summed E-state index contributed by atoms with van der Waals surface area (Å²) in [4.78, 5) is 3.60. The van der Waals surface area contributed by atoms with Crippen molar-refractivity contribution in [2.75, 3.05) is 6.54 Å². The highest BCUT2D eigenvalue weighted by Gasteiger charge is 2.13. The number of rotatable bonds is 5. The summed E-state index contributed by atoms with van der Waals surface area (Å²) in [7, 11) is 0. The molecule has 3 heteroatoms. The molecule has 0 spiro atoms. The number of aromatic amines is 1. The van der Waals surface area contributed by atoms with Gasteiger partial charge in [-0.2, -0.15) is 0 Å². The third kappa shape index (κ3) is 3.11. The number of H-pyrrole nitrogens is 1. The first-order chi connectivity index (χ1) is 10.7. The summed E-state index contributed by atoms with van der Waals surface area (Å²) in [6.07, 6.45) is 3.24. The molecule has 0 atom stereocenters. The number of benzene rings is 2. The number of nitrogens with one attached hydrogen (secondary N) is 1. The molecule has 0 fully saturated rings. The van der Waals surface area contributed by atoms with Gasteiger partial charge in [0.2, 0.25) is 0 Å². The van der Waals surface area contributed by atoms with Crippen LogP contribution in [0.1, 0.15) is 24.0 Å². The van der Waals surface area contributed by atoms with Crippen LogP contribution in [0.2, 0.25) is 0 Å². The van der Waals surface area contributed by atoms with E-state index in [4.69, 9.17) is 5.73 Å². The molecule has 3 rings (SSSR count). The third-order valence-corrected chi connectivity index (χ3v) is 4.58. The topological polar surface area (TPSA) is 41.8 Å². The van der Waals surface area contributed by atoms with Crippen molar-refractivity contribution >= 4 is 26.8 Å². The summed E-state index contributed by atoms with van der Waals surface area (Å²) >= 11 is 3.59. The highest BCUT2D eigenvalue weighted by molar-refractivity contribution is 9.10. The van der Waals surface area contributed by atoms with E-state index in [1.54, 1.807) is 0 Å². The summed E-state index contributed by atoms with van der Waals surface area (Å²) in [6.45, 7) is 2.88. The Morgan fingerprint density at radius 2 is 1.82 bits per heavy atom. The zero-order valence-electron chi connectivity index (χ0n) is 12.8. The van der Waals surface area contributed by atoms with E-state index in [1.165, 1.54) is 33.3 Å². The van der Waals surface area contributed by atoms with Crippen LogP contribution >= 0.6 is 15.9 Å². The lowest BCUT2D eigenvalue weighted by Crippen LogP contribution is -1.99. The second-order valence-electron chi connectivity index (χ2n) is 5.78. The summed E-state index contributed by atoms with van der Waals surface area (Å²) in [6, 6.07) is 15.2. The summed E-state index contributed by atoms with van der Waals surface area (Å²) < 4.78 is 1.12. The summed E-state index contributed by atoms with van der Waals surface area (Å²) in [5.74, 6) is 0. The monoisotopic (exact) mass is 356 g/mol. The van der Waals surface area contributed by atoms with Crippen LogP contribution in [0.4, 0.5) is 0 Å². The van der Waals surface area contributed by atoms with E-state index in [9.17, 15) is 0 Å². The van der Waals surface area contributed by atoms with Crippen LogP contribution in [-0.2, 0) is 6.42 Å². The van der Waals surface area contributed by atoms with Gasteiger partial charge in [0.1, 0.15) is 0 Å². The highest BCUT2D eigenvalue weighted by atomic mass is 79.9. The molecular weight excluding hydrogens is 336 g/mol. The van der Waals surface area contributed by atoms with Gasteiger partial charge in [-0.25, -0.2) is 0 Å². The molecule has 0 radical (unpaired) electrons. The standard InChI is InChI=1S/C19H21BrN2/c1-13-5-7-14(8-6-13)19-16(4-2-3-11-21)17-12-15(20)9-10-18(17)22-19/h5-10,12,22H,2-4,11,21H2,1H3. The molecule has 0 bridgehead atoms. The largest absolute Gasteiger partial charge is 0.354 e. The van der Waals surface area contributed by atoms with Crippen molar-refractivity contribution in [1.29, 1.82) is 0 Å². The van der Waals surface area contributed by atoms with E-state index in [0.29, 0.717) is 0 Å². The Bertz CT molecular complexity index is 772. The molecule has 0 saturated carbocycles. The molecule has 2 nitrogen and oxygen atoms in total. The van der Waals surface area contributed by atoms with Gasteiger partial charge in [0.25, 0.3) is 0 Å². The number of hydrogen-bond donors (Lipinski definition) is 2. The van der Waals surface area contributed by atoms with E-state index >= 15 is 0 Å². The molecule has 0 saturated heterocycles. The summed E-state index contributed by atoms with van der Waals surface area (Å²) in [5.41, 5.74) is 12.0. The van der Waals surface area contributed by atoms with Gasteiger partial charge in [-0.15, -0.1) is 0 Å². The van der Waals surface area contributed by atoms with Crippen molar-refractivity contribution in [3.63, 3.8) is 0 Å². The van der Waals surface area contributed by atoms with Crippen molar-refractivity contribution in [3.8, 4) is 11.3 Å². The molecule has 2 aromatic carbocycles. The molecule has 0 aliphatic heterocycles. The maximum Gasteiger partial charge on any atom is 0.0497 e. The number of aromatic nitrogens is 1. The molecule has 3 aromatic rings. The quantitative estimate of drug-likeness (QED) is 0.607. The predicted molar refractivity (Wildman–Crippen MR) is 98.2 cm³/mol. The van der Waals surface area contributed by atoms with Crippen LogP contribution in [0.15, 0.2) is 46.9 Å². The van der Waals surface area contributed by atoms with Gasteiger partial charge in [-0.3, -0.25) is 0 Å². The maximum absolute atomic E-state index is 5.66. The van der Waals surface area contributed by atoms with Crippen molar-refractivity contribution in [2.24, 2.45) is 5.73 Å². The average molecular weight is 357 g/mol. The van der Waals surface area contributed by atoms with Crippen LogP contribution in [0.25, 0.3) is 22.2 Å². The van der Waals surface area contributed by atoms with Crippen LogP contribution in [0.3, 0.4) is 0 Å². The minimum Gasteiger partial charge on any atom is -0.354 e. The van der Waals surface area contributed by atoms with E-state index in [1.807, 2.05) is 0 Å². The molecule has 114 valence electrons. The highest BCUT2D eigenvalue weighted by Crippen LogP contribution is 2.33. The van der Waals surface area contributed by atoms with Gasteiger partial charge < -0.3 is 10.7 Å². The molecule has 0 unspecified atom stereocenters. The fraction of sp³-hybridized carbons (Fsp3) is 0.263. The van der Waals surface area contributed by atoms with Crippen molar-refractivity contribution in [1.82, 2.24) is 4.98 Å². The zero-order chi connectivity index (χ0) is 15.5. The number of unbranched alkanes of at least 4 members (excludes halogenated alkanes) is 1. The first-order valence-electron chi connectivity index (χ1n) is 7.76. The second-order valence-corrected chi connectivity index (χ2v) is 6.70. The lowest BCUT2D eigenvalue weighted by Gasteiger charge is -2.06. The fourth-order valence-corrected chi connectivity index (χ4v) is 3.25. The van der Waals surface area contributed by atoms with E-state index < -0.39 is 0 Å². The molecule has 0 aliphatic rings. The molecule has 0 amide bonds. The Hall–Kier alpha value is -1.58. The number of fused-ring (bicyclic) bond motifs is 1. The van der Waals surface area contributed by atoms with Gasteiger partial charge in [-0.05, 0) is 62.1 Å². The first kappa shape index (κ1) is 15.3. The molecule has 1 aromatic heterocycles. The summed E-state index contributed by atoms with van der Waals surface area (Å²) in [5, 5.41) is 1.31. The van der Waals surface area contributed by atoms with Crippen LogP contribution < -0.4 is 5.73 Å². The van der Waals surface area contributed by atoms with Crippen molar-refractivity contribution in [3.05, 3.63) is 58.1 Å². The van der Waals surface area contributed by atoms with E-state index in [-0.39, 0.29) is 0 Å². The zero-order valence-corrected chi connectivity index (χ0v) is 14.4. The second kappa shape index (κ2) is 6.67.